The predicted molar refractivity (Wildman–Crippen MR) is 75.0 cm³/mol. The van der Waals surface area contributed by atoms with Gasteiger partial charge >= 0.3 is 12.1 Å². The quantitative estimate of drug-likeness (QED) is 0.736. The average Bonchev–Trinajstić information content (AvgIpc) is 2.83. The maximum absolute atomic E-state index is 13.3. The highest BCUT2D eigenvalue weighted by atomic mass is 79.9. The zero-order valence-corrected chi connectivity index (χ0v) is 13.3. The molecule has 2 heterocycles. The second kappa shape index (κ2) is 6.25. The molecule has 0 aliphatic carbocycles. The number of alkyl halides is 3. The number of pyridine rings is 1. The molecule has 0 aromatic carbocycles. The lowest BCUT2D eigenvalue weighted by molar-refractivity contribution is -0.143. The van der Waals surface area contributed by atoms with Crippen molar-refractivity contribution >= 4 is 33.5 Å². The number of carbonyl (C=O) groups excluding carboxylic acids is 1. The first-order chi connectivity index (χ1) is 10.3. The van der Waals surface area contributed by atoms with Crippen LogP contribution in [0.15, 0.2) is 22.9 Å². The van der Waals surface area contributed by atoms with E-state index in [0.29, 0.717) is 9.15 Å². The van der Waals surface area contributed by atoms with Gasteiger partial charge in [-0.3, -0.25) is 0 Å². The topological polar surface area (TPSA) is 57.0 Å². The monoisotopic (exact) mass is 397 g/mol. The van der Waals surface area contributed by atoms with Gasteiger partial charge in [0, 0.05) is 10.7 Å². The average molecular weight is 399 g/mol. The lowest BCUT2D eigenvalue weighted by Crippen LogP contribution is -2.19. The van der Waals surface area contributed by atoms with Crippen LogP contribution in [0.2, 0.25) is 5.02 Å². The highest BCUT2D eigenvalue weighted by Gasteiger charge is 2.41. The zero-order valence-electron chi connectivity index (χ0n) is 11.0. The third kappa shape index (κ3) is 3.25. The molecule has 0 unspecified atom stereocenters. The smallest absolute Gasteiger partial charge is 0.434 e. The van der Waals surface area contributed by atoms with Crippen LogP contribution in [-0.4, -0.2) is 27.3 Å². The summed E-state index contributed by atoms with van der Waals surface area (Å²) in [4.78, 5) is 15.5. The molecule has 22 heavy (non-hydrogen) atoms. The van der Waals surface area contributed by atoms with Crippen molar-refractivity contribution in [2.45, 2.75) is 13.1 Å². The van der Waals surface area contributed by atoms with Gasteiger partial charge in [0.1, 0.15) is 5.56 Å². The molecule has 0 bridgehead atoms. The third-order valence-electron chi connectivity index (χ3n) is 2.52. The van der Waals surface area contributed by atoms with Gasteiger partial charge in [0.25, 0.3) is 0 Å². The fraction of sp³-hybridized carbons (Fsp3) is 0.250. The maximum Gasteiger partial charge on any atom is 0.434 e. The molecule has 0 amide bonds. The van der Waals surface area contributed by atoms with Crippen molar-refractivity contribution in [2.75, 3.05) is 6.61 Å². The minimum atomic E-state index is -4.84. The van der Waals surface area contributed by atoms with Crippen molar-refractivity contribution in [3.63, 3.8) is 0 Å². The van der Waals surface area contributed by atoms with Crippen molar-refractivity contribution in [2.24, 2.45) is 0 Å². The van der Waals surface area contributed by atoms with E-state index >= 15 is 0 Å². The Kier molecular flexibility index (Phi) is 4.76. The van der Waals surface area contributed by atoms with E-state index in [1.54, 1.807) is 0 Å². The van der Waals surface area contributed by atoms with E-state index in [9.17, 15) is 18.0 Å². The number of rotatable bonds is 3. The summed E-state index contributed by atoms with van der Waals surface area (Å²) in [6, 6.07) is 1.37. The van der Waals surface area contributed by atoms with Crippen molar-refractivity contribution in [3.8, 4) is 5.82 Å². The molecule has 0 N–H and O–H groups in total. The van der Waals surface area contributed by atoms with Crippen molar-refractivity contribution in [1.82, 2.24) is 14.8 Å². The van der Waals surface area contributed by atoms with Crippen LogP contribution >= 0.6 is 27.5 Å². The Bertz CT molecular complexity index is 718. The molecule has 0 spiro atoms. The number of ether oxygens (including phenoxy) is 1. The van der Waals surface area contributed by atoms with E-state index in [1.807, 2.05) is 0 Å². The van der Waals surface area contributed by atoms with Crippen molar-refractivity contribution in [3.05, 3.63) is 39.2 Å². The number of aromatic nitrogens is 3. The van der Waals surface area contributed by atoms with E-state index in [0.717, 1.165) is 6.20 Å². The van der Waals surface area contributed by atoms with Gasteiger partial charge in [-0.2, -0.15) is 18.3 Å². The molecule has 0 fully saturated rings. The van der Waals surface area contributed by atoms with Gasteiger partial charge in [-0.1, -0.05) is 11.6 Å². The summed E-state index contributed by atoms with van der Waals surface area (Å²) < 4.78 is 45.4. The Morgan fingerprint density at radius 3 is 2.68 bits per heavy atom. The Balaban J connectivity index is 2.64. The fourth-order valence-corrected chi connectivity index (χ4v) is 2.41. The highest BCUT2D eigenvalue weighted by molar-refractivity contribution is 9.10. The minimum Gasteiger partial charge on any atom is -0.462 e. The van der Waals surface area contributed by atoms with Gasteiger partial charge in [0.15, 0.2) is 11.5 Å². The SMILES string of the molecule is CCOC(=O)c1cnn(-c2ncc(Br)cc2Cl)c1C(F)(F)F. The van der Waals surface area contributed by atoms with Crippen LogP contribution in [0.5, 0.6) is 0 Å². The first kappa shape index (κ1) is 16.8. The fourth-order valence-electron chi connectivity index (χ4n) is 1.70. The normalized spacial score (nSPS) is 11.5. The van der Waals surface area contributed by atoms with Gasteiger partial charge < -0.3 is 4.74 Å². The summed E-state index contributed by atoms with van der Waals surface area (Å²) in [7, 11) is 0. The number of nitrogens with zero attached hydrogens (tertiary/aromatic N) is 3. The Morgan fingerprint density at radius 2 is 2.14 bits per heavy atom. The lowest BCUT2D eigenvalue weighted by Gasteiger charge is -2.12. The highest BCUT2D eigenvalue weighted by Crippen LogP contribution is 2.35. The van der Waals surface area contributed by atoms with Crippen LogP contribution < -0.4 is 0 Å². The summed E-state index contributed by atoms with van der Waals surface area (Å²) in [5, 5.41) is 3.52. The van der Waals surface area contributed by atoms with Crippen LogP contribution in [0.3, 0.4) is 0 Å². The molecule has 0 aliphatic rings. The standard InChI is InChI=1S/C12H8BrClF3N3O2/c1-2-22-11(21)7-5-19-20(9(7)12(15,16)17)10-8(14)3-6(13)4-18-10/h3-5H,2H2,1H3. The molecule has 2 aromatic heterocycles. The zero-order chi connectivity index (χ0) is 16.5. The van der Waals surface area contributed by atoms with Crippen molar-refractivity contribution in [1.29, 1.82) is 0 Å². The first-order valence-corrected chi connectivity index (χ1v) is 7.06. The van der Waals surface area contributed by atoms with Gasteiger partial charge in [-0.15, -0.1) is 0 Å². The number of hydrogen-bond donors (Lipinski definition) is 0. The van der Waals surface area contributed by atoms with Crippen LogP contribution in [0.1, 0.15) is 23.0 Å². The summed E-state index contributed by atoms with van der Waals surface area (Å²) >= 11 is 9.00. The molecule has 0 saturated carbocycles. The van der Waals surface area contributed by atoms with Gasteiger partial charge in [0.05, 0.1) is 17.8 Å². The molecular weight excluding hydrogens is 391 g/mol. The minimum absolute atomic E-state index is 0.0569. The van der Waals surface area contributed by atoms with Crippen LogP contribution in [0, 0.1) is 0 Å². The largest absolute Gasteiger partial charge is 0.462 e. The molecule has 2 aromatic rings. The van der Waals surface area contributed by atoms with Gasteiger partial charge in [-0.25, -0.2) is 14.5 Å². The second-order valence-electron chi connectivity index (χ2n) is 4.00. The number of esters is 1. The molecule has 2 rings (SSSR count). The van der Waals surface area contributed by atoms with Crippen LogP contribution in [-0.2, 0) is 10.9 Å². The molecule has 0 aliphatic heterocycles. The summed E-state index contributed by atoms with van der Waals surface area (Å²) in [5.74, 6) is -1.36. The van der Waals surface area contributed by atoms with E-state index < -0.39 is 23.4 Å². The maximum atomic E-state index is 13.3. The molecule has 5 nitrogen and oxygen atoms in total. The van der Waals surface area contributed by atoms with Gasteiger partial charge in [-0.05, 0) is 28.9 Å². The van der Waals surface area contributed by atoms with E-state index in [2.05, 4.69) is 30.7 Å². The first-order valence-electron chi connectivity index (χ1n) is 5.89. The summed E-state index contributed by atoms with van der Waals surface area (Å²) in [5.41, 5.74) is -1.99. The molecule has 0 atom stereocenters. The molecular formula is C12H8BrClF3N3O2. The van der Waals surface area contributed by atoms with E-state index in [-0.39, 0.29) is 17.4 Å². The Hall–Kier alpha value is -1.61. The van der Waals surface area contributed by atoms with Crippen LogP contribution in [0.25, 0.3) is 5.82 Å². The Morgan fingerprint density at radius 1 is 1.45 bits per heavy atom. The third-order valence-corrected chi connectivity index (χ3v) is 3.23. The van der Waals surface area contributed by atoms with Gasteiger partial charge in [0.2, 0.25) is 0 Å². The number of halogens is 5. The number of hydrogen-bond acceptors (Lipinski definition) is 4. The van der Waals surface area contributed by atoms with E-state index in [4.69, 9.17) is 11.6 Å². The molecule has 0 saturated heterocycles. The number of carbonyl (C=O) groups is 1. The molecule has 10 heteroatoms. The summed E-state index contributed by atoms with van der Waals surface area (Å²) in [6.45, 7) is 1.43. The second-order valence-corrected chi connectivity index (χ2v) is 5.32. The van der Waals surface area contributed by atoms with E-state index in [1.165, 1.54) is 19.2 Å². The van der Waals surface area contributed by atoms with Crippen molar-refractivity contribution < 1.29 is 22.7 Å². The van der Waals surface area contributed by atoms with Crippen LogP contribution in [0.4, 0.5) is 13.2 Å². The predicted octanol–water partition coefficient (Wildman–Crippen LogP) is 3.88. The lowest BCUT2D eigenvalue weighted by atomic mass is 10.2. The molecule has 118 valence electrons. The summed E-state index contributed by atoms with van der Waals surface area (Å²) in [6.07, 6.45) is -2.79. The Labute approximate surface area is 136 Å². The molecule has 0 radical (unpaired) electrons.